The molecule has 0 bridgehead atoms. The van der Waals surface area contributed by atoms with Crippen LogP contribution in [-0.2, 0) is 76.3 Å². The van der Waals surface area contributed by atoms with Crippen LogP contribution in [0.25, 0.3) is 10.4 Å². The summed E-state index contributed by atoms with van der Waals surface area (Å²) >= 11 is 11.8. The first-order valence-electron chi connectivity index (χ1n) is 24.8. The molecule has 5 saturated heterocycles. The molecule has 5 fully saturated rings. The molecule has 10 atom stereocenters. The summed E-state index contributed by atoms with van der Waals surface area (Å²) in [7, 11) is 0. The van der Waals surface area contributed by atoms with Gasteiger partial charge in [-0.05, 0) is 54.6 Å². The van der Waals surface area contributed by atoms with Gasteiger partial charge in [0.15, 0.2) is 0 Å². The molecule has 0 spiro atoms. The average Bonchev–Trinajstić information content (AvgIpc) is 4.29. The molecule has 24 heteroatoms. The van der Waals surface area contributed by atoms with E-state index in [1.54, 1.807) is 20.8 Å². The van der Waals surface area contributed by atoms with Crippen molar-refractivity contribution in [1.82, 2.24) is 5.32 Å². The molecule has 9 rings (SSSR count). The predicted molar refractivity (Wildman–Crippen MR) is 293 cm³/mol. The van der Waals surface area contributed by atoms with Crippen LogP contribution < -0.4 is 11.1 Å². The molecule has 6 aliphatic rings. The van der Waals surface area contributed by atoms with Gasteiger partial charge in [-0.25, -0.2) is 4.79 Å². The summed E-state index contributed by atoms with van der Waals surface area (Å²) in [5, 5.41) is 32.7. The molecule has 3 aromatic carbocycles. The number of aliphatic hydroxyl groups excluding tert-OH is 3. The lowest BCUT2D eigenvalue weighted by Gasteiger charge is -2.22. The van der Waals surface area contributed by atoms with E-state index >= 15 is 0 Å². The highest BCUT2D eigenvalue weighted by Crippen LogP contribution is 2.19. The maximum Gasteiger partial charge on any atom is 0.408 e. The van der Waals surface area contributed by atoms with Crippen LogP contribution in [0.4, 0.5) is 4.79 Å². The molecule has 21 nitrogen and oxygen atoms in total. The Bertz CT molecular complexity index is 2180. The number of azide groups is 1. The Labute approximate surface area is 471 Å². The zero-order valence-corrected chi connectivity index (χ0v) is 47.3. The number of nitrogens with two attached hydrogens (primary N) is 1. The van der Waals surface area contributed by atoms with Gasteiger partial charge in [0.1, 0.15) is 23.9 Å². The van der Waals surface area contributed by atoms with Crippen molar-refractivity contribution >= 4 is 66.7 Å². The molecule has 3 aromatic rings. The summed E-state index contributed by atoms with van der Waals surface area (Å²) < 4.78 is 45.4. The van der Waals surface area contributed by atoms with Crippen molar-refractivity contribution in [3.8, 4) is 0 Å². The van der Waals surface area contributed by atoms with E-state index in [-0.39, 0.29) is 70.8 Å². The van der Waals surface area contributed by atoms with E-state index in [0.717, 1.165) is 29.9 Å². The molecular weight excluding hydrogens is 1160 g/mol. The van der Waals surface area contributed by atoms with Gasteiger partial charge in [0.25, 0.3) is 0 Å². The van der Waals surface area contributed by atoms with Gasteiger partial charge in [-0.1, -0.05) is 140 Å². The number of rotatable bonds is 10. The molecule has 0 saturated carbocycles. The number of ether oxygens (including phenoxy) is 9. The number of hydrogen-bond acceptors (Lipinski definition) is 18. The molecule has 6 N–H and O–H groups in total. The zero-order chi connectivity index (χ0) is 56.4. The Morgan fingerprint density at radius 3 is 1.45 bits per heavy atom. The first kappa shape index (κ1) is 66.7. The third-order valence-electron chi connectivity index (χ3n) is 10.7. The van der Waals surface area contributed by atoms with Gasteiger partial charge in [0, 0.05) is 11.3 Å². The van der Waals surface area contributed by atoms with Crippen molar-refractivity contribution in [2.75, 3.05) is 79.3 Å². The van der Waals surface area contributed by atoms with E-state index in [9.17, 15) is 24.3 Å². The summed E-state index contributed by atoms with van der Waals surface area (Å²) in [6, 6.07) is 27.4. The standard InChI is InChI=1S/C12H13BrO3.C12H13N3O3.C9H17NO4.C8H7ClO.C4H7BrO2.C4H9NO2.C4H6O/c13-10-7-15-8-11(10)16-12(14)6-9-4-2-1-3-5-9;13-15-14-10-7-17-8-11(10)18-12(16)6-9-4-2-1-3-5-9;1-9(2,3)14-8(12)10-6-4-13-5-7(6)11;9-8(10)6-7-4-2-1-3-5-7;2*5-3-1-7-2-4(3)6;1-2-4-5-3-1/h1-5,10-11H,6-8H2;1-5,10-11H,6-8H2;6-7,11H,4-5H2,1-3H3,(H,10,12);1-5H,6H2;3-4,6H,1-2H2;3-4,6H,1-2,5H2;1-2H,3-4H2/t2*10-,11?;6-,7?;;2*3-,4?;/m100.10./s1. The Kier molecular flexibility index (Phi) is 33.0. The Morgan fingerprint density at radius 2 is 1.09 bits per heavy atom. The minimum absolute atomic E-state index is 0.118. The van der Waals surface area contributed by atoms with E-state index in [1.807, 2.05) is 103 Å². The summed E-state index contributed by atoms with van der Waals surface area (Å²) in [4.78, 5) is 48.0. The number of alkyl carbamates (subject to hydrolysis) is 1. The van der Waals surface area contributed by atoms with Crippen molar-refractivity contribution in [2.45, 2.75) is 104 Å². The molecule has 5 unspecified atom stereocenters. The number of nitrogens with zero attached hydrogens (tertiary/aromatic N) is 3. The number of benzene rings is 3. The number of aliphatic hydroxyl groups is 3. The summed E-state index contributed by atoms with van der Waals surface area (Å²) in [6.07, 6.45) is 2.36. The van der Waals surface area contributed by atoms with Crippen LogP contribution in [0, 0.1) is 0 Å². The third-order valence-corrected chi connectivity index (χ3v) is 12.6. The normalized spacial score (nSPS) is 25.4. The van der Waals surface area contributed by atoms with E-state index in [1.165, 1.54) is 0 Å². The van der Waals surface area contributed by atoms with Gasteiger partial charge in [-0.3, -0.25) is 14.4 Å². The summed E-state index contributed by atoms with van der Waals surface area (Å²) in [5.41, 5.74) is 16.0. The van der Waals surface area contributed by atoms with Gasteiger partial charge in [0.05, 0.1) is 132 Å². The van der Waals surface area contributed by atoms with Crippen molar-refractivity contribution in [3.63, 3.8) is 0 Å². The van der Waals surface area contributed by atoms with Crippen LogP contribution in [0.5, 0.6) is 0 Å². The fraction of sp³-hybridized carbons (Fsp3) is 0.547. The Hall–Kier alpha value is -4.56. The summed E-state index contributed by atoms with van der Waals surface area (Å²) in [5.74, 6) is -0.541. The van der Waals surface area contributed by atoms with Gasteiger partial charge >= 0.3 is 18.0 Å². The lowest BCUT2D eigenvalue weighted by Crippen LogP contribution is -2.44. The number of alkyl halides is 2. The van der Waals surface area contributed by atoms with Crippen molar-refractivity contribution in [3.05, 3.63) is 130 Å². The molecule has 6 heterocycles. The summed E-state index contributed by atoms with van der Waals surface area (Å²) in [6.45, 7) is 11.3. The van der Waals surface area contributed by atoms with Crippen molar-refractivity contribution in [2.24, 2.45) is 10.8 Å². The second-order valence-corrected chi connectivity index (χ2v) is 21.3. The van der Waals surface area contributed by atoms with Crippen LogP contribution in [-0.4, -0.2) is 182 Å². The number of carbonyl (C=O) groups excluding carboxylic acids is 4. The average molecular weight is 1230 g/mol. The number of carbonyl (C=O) groups is 4. The van der Waals surface area contributed by atoms with Crippen LogP contribution in [0.1, 0.15) is 37.5 Å². The molecular formula is C53H72Br2ClN5O16. The fourth-order valence-corrected chi connectivity index (χ4v) is 7.63. The molecule has 1 amide bonds. The van der Waals surface area contributed by atoms with E-state index in [2.05, 4.69) is 47.2 Å². The lowest BCUT2D eigenvalue weighted by atomic mass is 10.1. The smallest absolute Gasteiger partial charge is 0.408 e. The molecule has 0 aromatic heterocycles. The quantitative estimate of drug-likeness (QED) is 0.0246. The molecule has 0 aliphatic carbocycles. The SMILES string of the molecule is C1=CCOC1.CC(C)(C)OC(=O)N[C@H]1COCC1O.N[C@H]1COCC1O.O=C(Cc1ccccc1)OC1COC[C@H]1Br.O=C(Cl)Cc1ccccc1.OC1COC[C@H]1Br.[N-]=[N+]=N[C@H]1COCC1OC(=O)Cc1ccccc1. The van der Waals surface area contributed by atoms with Gasteiger partial charge in [0.2, 0.25) is 5.24 Å². The Morgan fingerprint density at radius 1 is 0.636 bits per heavy atom. The molecule has 6 aliphatic heterocycles. The maximum absolute atomic E-state index is 11.7. The van der Waals surface area contributed by atoms with Crippen molar-refractivity contribution in [1.29, 1.82) is 0 Å². The van der Waals surface area contributed by atoms with E-state index in [4.69, 9.17) is 75.7 Å². The third kappa shape index (κ3) is 30.4. The highest BCUT2D eigenvalue weighted by molar-refractivity contribution is 9.09. The van der Waals surface area contributed by atoms with E-state index in [0.29, 0.717) is 65.7 Å². The first-order valence-corrected chi connectivity index (χ1v) is 27.0. The molecule has 0 radical (unpaired) electrons. The second kappa shape index (κ2) is 38.1. The largest absolute Gasteiger partial charge is 0.459 e. The second-order valence-electron chi connectivity index (χ2n) is 18.5. The zero-order valence-electron chi connectivity index (χ0n) is 43.4. The minimum Gasteiger partial charge on any atom is -0.459 e. The highest BCUT2D eigenvalue weighted by atomic mass is 79.9. The van der Waals surface area contributed by atoms with Crippen LogP contribution in [0.3, 0.4) is 0 Å². The van der Waals surface area contributed by atoms with Gasteiger partial charge in [-0.15, -0.1) is 0 Å². The van der Waals surface area contributed by atoms with Gasteiger partial charge in [-0.2, -0.15) is 0 Å². The number of nitrogens with one attached hydrogen (secondary N) is 1. The molecule has 426 valence electrons. The number of halogens is 3. The maximum atomic E-state index is 11.7. The van der Waals surface area contributed by atoms with Crippen LogP contribution in [0.15, 0.2) is 108 Å². The lowest BCUT2D eigenvalue weighted by molar-refractivity contribution is -0.149. The Balaban J connectivity index is 0.000000245. The topological polar surface area (TPSA) is 299 Å². The van der Waals surface area contributed by atoms with Crippen LogP contribution in [0.2, 0.25) is 0 Å². The highest BCUT2D eigenvalue weighted by Gasteiger charge is 2.32. The van der Waals surface area contributed by atoms with Crippen molar-refractivity contribution < 1.29 is 77.1 Å². The number of esters is 2. The monoisotopic (exact) mass is 1230 g/mol. The predicted octanol–water partition coefficient (Wildman–Crippen LogP) is 5.47. The number of hydrogen-bond donors (Lipinski definition) is 5. The van der Waals surface area contributed by atoms with Crippen LogP contribution >= 0.6 is 43.5 Å². The fourth-order valence-electron chi connectivity index (χ4n) is 6.69. The first-order chi connectivity index (χ1) is 36.8. The van der Waals surface area contributed by atoms with Gasteiger partial charge < -0.3 is 69.0 Å². The number of amides is 1. The van der Waals surface area contributed by atoms with E-state index < -0.39 is 36.0 Å². The minimum atomic E-state index is -0.637. The molecule has 77 heavy (non-hydrogen) atoms.